The number of carbonyl (C=O) groups is 1. The number of amides is 2. The van der Waals surface area contributed by atoms with E-state index in [-0.39, 0.29) is 0 Å². The Kier molecular flexibility index (Phi) is 6.26. The van der Waals surface area contributed by atoms with E-state index in [4.69, 9.17) is 16.3 Å². The molecule has 1 heterocycles. The Labute approximate surface area is 130 Å². The van der Waals surface area contributed by atoms with E-state index in [1.54, 1.807) is 0 Å². The van der Waals surface area contributed by atoms with E-state index >= 15 is 0 Å². The number of nitrogens with one attached hydrogen (secondary N) is 3. The van der Waals surface area contributed by atoms with Gasteiger partial charge in [-0.25, -0.2) is 10.6 Å². The van der Waals surface area contributed by atoms with Crippen LogP contribution in [0.5, 0.6) is 5.75 Å². The number of anilines is 2. The Balaban J connectivity index is 2.15. The van der Waals surface area contributed by atoms with Gasteiger partial charge in [-0.3, -0.25) is 5.43 Å². The maximum Gasteiger partial charge on any atom is 0.333 e. The molecule has 0 aliphatic carbocycles. The number of hydrazine groups is 1. The molecule has 8 nitrogen and oxygen atoms in total. The van der Waals surface area contributed by atoms with Crippen molar-refractivity contribution in [2.24, 2.45) is 11.6 Å². The molecule has 122 valence electrons. The van der Waals surface area contributed by atoms with Crippen molar-refractivity contribution in [3.63, 3.8) is 0 Å². The standard InChI is InChI=1S/C14H24N6O2/c15-4-1-9-22-13-10-11(20-7-5-17-6-8-20)2-3-12(13)18-14(21)19-16/h2-3,10,17H,1,4-9,15-16H2,(H2,18,19,21). The number of carbonyl (C=O) groups excluding carboxylic acids is 1. The lowest BCUT2D eigenvalue weighted by atomic mass is 10.2. The topological polar surface area (TPSA) is 118 Å². The molecule has 7 N–H and O–H groups in total. The van der Waals surface area contributed by atoms with Crippen LogP contribution in [-0.4, -0.2) is 45.4 Å². The minimum absolute atomic E-state index is 0.487. The molecule has 2 rings (SSSR count). The lowest BCUT2D eigenvalue weighted by molar-refractivity contribution is 0.252. The van der Waals surface area contributed by atoms with Gasteiger partial charge in [0.2, 0.25) is 0 Å². The average molecular weight is 308 g/mol. The zero-order valence-electron chi connectivity index (χ0n) is 12.6. The molecule has 22 heavy (non-hydrogen) atoms. The van der Waals surface area contributed by atoms with E-state index in [1.807, 2.05) is 23.6 Å². The maximum atomic E-state index is 11.4. The number of urea groups is 1. The SMILES string of the molecule is NCCCOc1cc(N2CCNCC2)ccc1NC(=O)NN. The van der Waals surface area contributed by atoms with Gasteiger partial charge in [0.15, 0.2) is 0 Å². The van der Waals surface area contributed by atoms with Gasteiger partial charge in [-0.15, -0.1) is 0 Å². The zero-order chi connectivity index (χ0) is 15.8. The zero-order valence-corrected chi connectivity index (χ0v) is 12.6. The van der Waals surface area contributed by atoms with E-state index in [9.17, 15) is 4.79 Å². The Morgan fingerprint density at radius 1 is 1.36 bits per heavy atom. The molecule has 1 aliphatic heterocycles. The third-order valence-electron chi connectivity index (χ3n) is 3.43. The largest absolute Gasteiger partial charge is 0.491 e. The first-order valence-electron chi connectivity index (χ1n) is 7.45. The van der Waals surface area contributed by atoms with E-state index in [2.05, 4.69) is 15.5 Å². The maximum absolute atomic E-state index is 11.4. The Bertz CT molecular complexity index is 490. The summed E-state index contributed by atoms with van der Waals surface area (Å²) in [5, 5.41) is 5.98. The summed E-state index contributed by atoms with van der Waals surface area (Å²) in [7, 11) is 0. The molecule has 0 bridgehead atoms. The third kappa shape index (κ3) is 4.48. The number of hydrogen-bond acceptors (Lipinski definition) is 6. The minimum Gasteiger partial charge on any atom is -0.491 e. The molecule has 1 aromatic carbocycles. The Hall–Kier alpha value is -2.03. The van der Waals surface area contributed by atoms with Crippen LogP contribution in [-0.2, 0) is 0 Å². The van der Waals surface area contributed by atoms with E-state index < -0.39 is 6.03 Å². The smallest absolute Gasteiger partial charge is 0.333 e. The molecule has 0 unspecified atom stereocenters. The Morgan fingerprint density at radius 2 is 2.14 bits per heavy atom. The van der Waals surface area contributed by atoms with Crippen molar-refractivity contribution in [2.45, 2.75) is 6.42 Å². The molecule has 2 amide bonds. The fraction of sp³-hybridized carbons (Fsp3) is 0.500. The summed E-state index contributed by atoms with van der Waals surface area (Å²) in [5.74, 6) is 5.72. The summed E-state index contributed by atoms with van der Waals surface area (Å²) in [6.45, 7) is 4.86. The summed E-state index contributed by atoms with van der Waals surface area (Å²) in [6.07, 6.45) is 0.750. The van der Waals surface area contributed by atoms with Crippen LogP contribution >= 0.6 is 0 Å². The van der Waals surface area contributed by atoms with Crippen molar-refractivity contribution < 1.29 is 9.53 Å². The first-order valence-corrected chi connectivity index (χ1v) is 7.45. The second-order valence-corrected chi connectivity index (χ2v) is 5.01. The molecular formula is C14H24N6O2. The normalized spacial score (nSPS) is 14.5. The highest BCUT2D eigenvalue weighted by Gasteiger charge is 2.14. The van der Waals surface area contributed by atoms with Gasteiger partial charge in [-0.05, 0) is 25.1 Å². The highest BCUT2D eigenvalue weighted by atomic mass is 16.5. The fourth-order valence-corrected chi connectivity index (χ4v) is 2.28. The fourth-order valence-electron chi connectivity index (χ4n) is 2.28. The molecule has 1 saturated heterocycles. The summed E-state index contributed by atoms with van der Waals surface area (Å²) < 4.78 is 5.75. The number of benzene rings is 1. The van der Waals surface area contributed by atoms with E-state index in [1.165, 1.54) is 0 Å². The first-order chi connectivity index (χ1) is 10.7. The highest BCUT2D eigenvalue weighted by molar-refractivity contribution is 5.91. The van der Waals surface area contributed by atoms with Crippen LogP contribution in [0.2, 0.25) is 0 Å². The third-order valence-corrected chi connectivity index (χ3v) is 3.43. The van der Waals surface area contributed by atoms with Gasteiger partial charge in [-0.1, -0.05) is 0 Å². The number of rotatable bonds is 6. The van der Waals surface area contributed by atoms with Crippen molar-refractivity contribution in [3.8, 4) is 5.75 Å². The van der Waals surface area contributed by atoms with Crippen molar-refractivity contribution >= 4 is 17.4 Å². The second-order valence-electron chi connectivity index (χ2n) is 5.01. The van der Waals surface area contributed by atoms with Gasteiger partial charge in [0, 0.05) is 37.9 Å². The van der Waals surface area contributed by atoms with Crippen LogP contribution in [0, 0.1) is 0 Å². The summed E-state index contributed by atoms with van der Waals surface area (Å²) in [5.41, 5.74) is 9.18. The molecule has 1 aliphatic rings. The van der Waals surface area contributed by atoms with Crippen LogP contribution < -0.4 is 37.3 Å². The van der Waals surface area contributed by atoms with Crippen LogP contribution in [0.3, 0.4) is 0 Å². The summed E-state index contributed by atoms with van der Waals surface area (Å²) >= 11 is 0. The average Bonchev–Trinajstić information content (AvgIpc) is 2.57. The molecule has 0 spiro atoms. The van der Waals surface area contributed by atoms with Crippen LogP contribution in [0.1, 0.15) is 6.42 Å². The molecule has 8 heteroatoms. The molecule has 0 atom stereocenters. The number of nitrogens with zero attached hydrogens (tertiary/aromatic N) is 1. The molecular weight excluding hydrogens is 284 g/mol. The number of ether oxygens (including phenoxy) is 1. The number of piperazine rings is 1. The second kappa shape index (κ2) is 8.42. The summed E-state index contributed by atoms with van der Waals surface area (Å²) in [4.78, 5) is 13.7. The van der Waals surface area contributed by atoms with Gasteiger partial charge in [0.05, 0.1) is 12.3 Å². The molecule has 1 aromatic rings. The van der Waals surface area contributed by atoms with Crippen LogP contribution in [0.4, 0.5) is 16.2 Å². The molecule has 0 aromatic heterocycles. The highest BCUT2D eigenvalue weighted by Crippen LogP contribution is 2.30. The number of nitrogens with two attached hydrogens (primary N) is 2. The van der Waals surface area contributed by atoms with E-state index in [0.29, 0.717) is 24.6 Å². The van der Waals surface area contributed by atoms with Crippen molar-refractivity contribution in [1.82, 2.24) is 10.7 Å². The first kappa shape index (κ1) is 16.3. The van der Waals surface area contributed by atoms with Gasteiger partial charge < -0.3 is 26.0 Å². The lowest BCUT2D eigenvalue weighted by Gasteiger charge is -2.30. The molecule has 1 fully saturated rings. The van der Waals surface area contributed by atoms with E-state index in [0.717, 1.165) is 38.3 Å². The minimum atomic E-state index is -0.487. The van der Waals surface area contributed by atoms with Crippen LogP contribution in [0.15, 0.2) is 18.2 Å². The number of hydrogen-bond donors (Lipinski definition) is 5. The van der Waals surface area contributed by atoms with Gasteiger partial charge in [0.1, 0.15) is 5.75 Å². The van der Waals surface area contributed by atoms with Crippen molar-refractivity contribution in [1.29, 1.82) is 0 Å². The van der Waals surface area contributed by atoms with Crippen LogP contribution in [0.25, 0.3) is 0 Å². The van der Waals surface area contributed by atoms with Gasteiger partial charge in [-0.2, -0.15) is 0 Å². The summed E-state index contributed by atoms with van der Waals surface area (Å²) in [6, 6.07) is 5.24. The van der Waals surface area contributed by atoms with Gasteiger partial charge >= 0.3 is 6.03 Å². The molecule has 0 saturated carbocycles. The quantitative estimate of drug-likeness (QED) is 0.215. The monoisotopic (exact) mass is 308 g/mol. The predicted octanol–water partition coefficient (Wildman–Crippen LogP) is -0.181. The lowest BCUT2D eigenvalue weighted by Crippen LogP contribution is -2.43. The molecule has 0 radical (unpaired) electrons. The predicted molar refractivity (Wildman–Crippen MR) is 87.0 cm³/mol. The van der Waals surface area contributed by atoms with Crippen molar-refractivity contribution in [3.05, 3.63) is 18.2 Å². The van der Waals surface area contributed by atoms with Crippen molar-refractivity contribution in [2.75, 3.05) is 49.5 Å². The van der Waals surface area contributed by atoms with Gasteiger partial charge in [0.25, 0.3) is 0 Å². The Morgan fingerprint density at radius 3 is 2.82 bits per heavy atom.